The van der Waals surface area contributed by atoms with E-state index in [1.54, 1.807) is 5.32 Å². The molecule has 0 fully saturated rings. The topological polar surface area (TPSA) is 78.5 Å². The molecule has 0 aliphatic carbocycles. The standard InChI is InChI=1S/C19H8F7NO4S/c20-11-10(7-2-1-3-8(6-7)31-19(24,25)26)12(21)14(23)15(13(11)22)27-17(28)9-4-5-32-16(9)18(29)30/h1-6H,(H,27,28)(H,29,30)/p-1. The Morgan fingerprint density at radius 3 is 2.16 bits per heavy atom. The van der Waals surface area contributed by atoms with Gasteiger partial charge in [-0.3, -0.25) is 4.79 Å². The Bertz CT molecular complexity index is 1190. The molecule has 1 aromatic heterocycles. The Kier molecular flexibility index (Phi) is 6.12. The molecule has 3 aromatic rings. The molecule has 13 heteroatoms. The highest BCUT2D eigenvalue weighted by atomic mass is 32.1. The van der Waals surface area contributed by atoms with Crippen LogP contribution in [0, 0.1) is 23.3 Å². The summed E-state index contributed by atoms with van der Waals surface area (Å²) in [6, 6.07) is 4.06. The summed E-state index contributed by atoms with van der Waals surface area (Å²) in [6.07, 6.45) is -5.13. The van der Waals surface area contributed by atoms with E-state index >= 15 is 0 Å². The summed E-state index contributed by atoms with van der Waals surface area (Å²) in [6.45, 7) is 0. The van der Waals surface area contributed by atoms with E-state index in [-0.39, 0.29) is 0 Å². The maximum atomic E-state index is 14.6. The van der Waals surface area contributed by atoms with Crippen LogP contribution in [0.1, 0.15) is 20.0 Å². The van der Waals surface area contributed by atoms with Crippen LogP contribution in [0.5, 0.6) is 5.75 Å². The van der Waals surface area contributed by atoms with Crippen molar-refractivity contribution in [3.63, 3.8) is 0 Å². The molecular weight excluding hydrogens is 471 g/mol. The Balaban J connectivity index is 2.04. The van der Waals surface area contributed by atoms with Crippen molar-refractivity contribution in [2.75, 3.05) is 5.32 Å². The number of alkyl halides is 3. The average molecular weight is 478 g/mol. The lowest BCUT2D eigenvalue weighted by atomic mass is 10.0. The molecule has 0 saturated heterocycles. The van der Waals surface area contributed by atoms with Gasteiger partial charge in [0.1, 0.15) is 11.4 Å². The van der Waals surface area contributed by atoms with Gasteiger partial charge in [-0.05, 0) is 29.1 Å². The molecule has 168 valence electrons. The Hall–Kier alpha value is -3.61. The van der Waals surface area contributed by atoms with Crippen LogP contribution in [-0.4, -0.2) is 18.2 Å². The van der Waals surface area contributed by atoms with Crippen molar-refractivity contribution < 1.29 is 50.2 Å². The van der Waals surface area contributed by atoms with Gasteiger partial charge in [-0.25, -0.2) is 17.6 Å². The Morgan fingerprint density at radius 1 is 0.969 bits per heavy atom. The maximum Gasteiger partial charge on any atom is 0.573 e. The van der Waals surface area contributed by atoms with Crippen LogP contribution in [0.4, 0.5) is 36.4 Å². The number of thiophene rings is 1. The van der Waals surface area contributed by atoms with E-state index in [9.17, 15) is 45.4 Å². The van der Waals surface area contributed by atoms with Gasteiger partial charge >= 0.3 is 6.36 Å². The SMILES string of the molecule is O=C(Nc1c(F)c(F)c(-c2cccc(OC(F)(F)F)c2)c(F)c1F)c1ccsc1C(=O)[O-]. The van der Waals surface area contributed by atoms with Crippen molar-refractivity contribution >= 4 is 28.9 Å². The minimum absolute atomic E-state index is 0.504. The fourth-order valence-electron chi connectivity index (χ4n) is 2.67. The van der Waals surface area contributed by atoms with Gasteiger partial charge in [0.15, 0.2) is 23.3 Å². The predicted molar refractivity (Wildman–Crippen MR) is 95.0 cm³/mol. The van der Waals surface area contributed by atoms with Gasteiger partial charge in [0.05, 0.1) is 22.0 Å². The van der Waals surface area contributed by atoms with Crippen LogP contribution in [0.15, 0.2) is 35.7 Å². The summed E-state index contributed by atoms with van der Waals surface area (Å²) >= 11 is 0.566. The highest BCUT2D eigenvalue weighted by molar-refractivity contribution is 7.12. The smallest absolute Gasteiger partial charge is 0.544 e. The number of carbonyl (C=O) groups is 2. The molecule has 1 amide bonds. The van der Waals surface area contributed by atoms with E-state index in [1.165, 1.54) is 0 Å². The second-order valence-electron chi connectivity index (χ2n) is 5.99. The highest BCUT2D eigenvalue weighted by Gasteiger charge is 2.32. The Labute approximate surface area is 177 Å². The van der Waals surface area contributed by atoms with Gasteiger partial charge in [0.2, 0.25) is 0 Å². The van der Waals surface area contributed by atoms with E-state index in [4.69, 9.17) is 0 Å². The number of carboxylic acid groups (broad SMARTS) is 1. The van der Waals surface area contributed by atoms with Crippen molar-refractivity contribution in [3.8, 4) is 16.9 Å². The summed E-state index contributed by atoms with van der Waals surface area (Å²) in [5, 5.41) is 13.7. The molecule has 0 aliphatic heterocycles. The van der Waals surface area contributed by atoms with E-state index < -0.39 is 74.5 Å². The molecule has 0 spiro atoms. The highest BCUT2D eigenvalue weighted by Crippen LogP contribution is 2.37. The largest absolute Gasteiger partial charge is 0.573 e. The zero-order valence-corrected chi connectivity index (χ0v) is 16.0. The molecule has 3 rings (SSSR count). The number of hydrogen-bond donors (Lipinski definition) is 1. The summed E-state index contributed by atoms with van der Waals surface area (Å²) in [5.41, 5.74) is -4.17. The number of halogens is 7. The van der Waals surface area contributed by atoms with Crippen LogP contribution in [0.3, 0.4) is 0 Å². The number of hydrogen-bond acceptors (Lipinski definition) is 5. The minimum Gasteiger partial charge on any atom is -0.544 e. The van der Waals surface area contributed by atoms with Gasteiger partial charge in [-0.15, -0.1) is 24.5 Å². The van der Waals surface area contributed by atoms with Gasteiger partial charge < -0.3 is 20.0 Å². The second-order valence-corrected chi connectivity index (χ2v) is 6.90. The lowest BCUT2D eigenvalue weighted by molar-refractivity contribution is -0.274. The van der Waals surface area contributed by atoms with Gasteiger partial charge in [0, 0.05) is 0 Å². The number of amides is 1. The quantitative estimate of drug-likeness (QED) is 0.433. The molecule has 0 atom stereocenters. The van der Waals surface area contributed by atoms with Crippen molar-refractivity contribution in [2.24, 2.45) is 0 Å². The molecule has 1 heterocycles. The number of carboxylic acids is 1. The van der Waals surface area contributed by atoms with Crippen LogP contribution in [-0.2, 0) is 0 Å². The number of ether oxygens (including phenoxy) is 1. The third kappa shape index (κ3) is 4.51. The zero-order valence-electron chi connectivity index (χ0n) is 15.2. The van der Waals surface area contributed by atoms with Crippen molar-refractivity contribution in [1.29, 1.82) is 0 Å². The number of nitrogens with one attached hydrogen (secondary N) is 1. The zero-order chi connectivity index (χ0) is 23.8. The van der Waals surface area contributed by atoms with Crippen LogP contribution in [0.25, 0.3) is 11.1 Å². The maximum absolute atomic E-state index is 14.6. The number of carbonyl (C=O) groups excluding carboxylic acids is 2. The summed E-state index contributed by atoms with van der Waals surface area (Å²) in [4.78, 5) is 22.5. The van der Waals surface area contributed by atoms with E-state index in [2.05, 4.69) is 4.74 Å². The summed E-state index contributed by atoms with van der Waals surface area (Å²) < 4.78 is 98.8. The van der Waals surface area contributed by atoms with Crippen molar-refractivity contribution in [3.05, 3.63) is 69.4 Å². The summed E-state index contributed by atoms with van der Waals surface area (Å²) in [7, 11) is 0. The number of aromatic carboxylic acids is 1. The van der Waals surface area contributed by atoms with E-state index in [1.807, 2.05) is 0 Å². The summed E-state index contributed by atoms with van der Waals surface area (Å²) in [5.74, 6) is -12.2. The van der Waals surface area contributed by atoms with Crippen LogP contribution < -0.4 is 15.2 Å². The van der Waals surface area contributed by atoms with Crippen molar-refractivity contribution in [1.82, 2.24) is 0 Å². The van der Waals surface area contributed by atoms with Gasteiger partial charge in [0.25, 0.3) is 5.91 Å². The normalized spacial score (nSPS) is 11.3. The van der Waals surface area contributed by atoms with Gasteiger partial charge in [-0.1, -0.05) is 12.1 Å². The fourth-order valence-corrected chi connectivity index (χ4v) is 3.39. The average Bonchev–Trinajstić information content (AvgIpc) is 3.19. The van der Waals surface area contributed by atoms with Gasteiger partial charge in [-0.2, -0.15) is 0 Å². The lowest BCUT2D eigenvalue weighted by Crippen LogP contribution is -2.25. The molecule has 5 nitrogen and oxygen atoms in total. The Morgan fingerprint density at radius 2 is 1.59 bits per heavy atom. The first kappa shape index (κ1) is 23.1. The molecule has 0 unspecified atom stereocenters. The third-order valence-electron chi connectivity index (χ3n) is 3.95. The first-order chi connectivity index (χ1) is 14.9. The van der Waals surface area contributed by atoms with Crippen LogP contribution in [0.2, 0.25) is 0 Å². The molecule has 0 bridgehead atoms. The second kappa shape index (κ2) is 8.49. The molecular formula is C19H7F7NO4S-. The molecule has 0 saturated carbocycles. The number of benzene rings is 2. The molecule has 0 aliphatic rings. The minimum atomic E-state index is -5.13. The molecule has 2 aromatic carbocycles. The molecule has 1 N–H and O–H groups in total. The number of rotatable bonds is 5. The molecule has 0 radical (unpaired) electrons. The first-order valence-electron chi connectivity index (χ1n) is 8.23. The molecule has 32 heavy (non-hydrogen) atoms. The lowest BCUT2D eigenvalue weighted by Gasteiger charge is -2.14. The fraction of sp³-hybridized carbons (Fsp3) is 0.0526. The van der Waals surface area contributed by atoms with Crippen molar-refractivity contribution in [2.45, 2.75) is 6.36 Å². The van der Waals surface area contributed by atoms with Crippen LogP contribution >= 0.6 is 11.3 Å². The third-order valence-corrected chi connectivity index (χ3v) is 4.85. The van der Waals surface area contributed by atoms with E-state index in [0.717, 1.165) is 29.6 Å². The first-order valence-corrected chi connectivity index (χ1v) is 9.11. The monoisotopic (exact) mass is 478 g/mol. The number of anilines is 1. The predicted octanol–water partition coefficient (Wildman–Crippen LogP) is 4.49. The van der Waals surface area contributed by atoms with E-state index in [0.29, 0.717) is 17.4 Å².